The molecule has 16 heavy (non-hydrogen) atoms. The molecular weight excluding hydrogens is 264 g/mol. The van der Waals surface area contributed by atoms with Crippen LogP contribution in [-0.4, -0.2) is 7.11 Å². The van der Waals surface area contributed by atoms with Gasteiger partial charge in [-0.05, 0) is 52.9 Å². The normalized spacial score (nSPS) is 14.4. The van der Waals surface area contributed by atoms with Crippen LogP contribution in [0.25, 0.3) is 5.57 Å². The monoisotopic (exact) mass is 276 g/mol. The maximum Gasteiger partial charge on any atom is 0.121 e. The molecule has 0 atom stereocenters. The first-order valence-electron chi connectivity index (χ1n) is 5.30. The van der Waals surface area contributed by atoms with E-state index in [1.165, 1.54) is 12.0 Å². The van der Waals surface area contributed by atoms with Crippen molar-refractivity contribution in [1.29, 1.82) is 0 Å². The summed E-state index contributed by atoms with van der Waals surface area (Å²) in [7, 11) is 1.65. The molecule has 1 aromatic rings. The van der Waals surface area contributed by atoms with Crippen molar-refractivity contribution < 1.29 is 4.74 Å². The highest BCUT2D eigenvalue weighted by atomic mass is 79.9. The fourth-order valence-corrected chi connectivity index (χ4v) is 2.73. The fraction of sp³-hybridized carbons (Fsp3) is 0.286. The minimum Gasteiger partial charge on any atom is -0.497 e. The van der Waals surface area contributed by atoms with Crippen molar-refractivity contribution in [2.75, 3.05) is 7.11 Å². The van der Waals surface area contributed by atoms with Crippen LogP contribution in [0.5, 0.6) is 5.75 Å². The van der Waals surface area contributed by atoms with Crippen LogP contribution in [-0.2, 0) is 0 Å². The van der Waals surface area contributed by atoms with Crippen molar-refractivity contribution in [3.8, 4) is 18.1 Å². The van der Waals surface area contributed by atoms with Crippen LogP contribution in [0, 0.1) is 12.3 Å². The molecule has 0 radical (unpaired) electrons. The molecule has 0 aliphatic heterocycles. The molecule has 2 heteroatoms. The van der Waals surface area contributed by atoms with Gasteiger partial charge in [-0.1, -0.05) is 12.0 Å². The zero-order valence-electron chi connectivity index (χ0n) is 9.22. The van der Waals surface area contributed by atoms with Crippen molar-refractivity contribution in [3.05, 3.63) is 33.8 Å². The second kappa shape index (κ2) is 4.76. The first-order chi connectivity index (χ1) is 7.76. The Morgan fingerprint density at radius 1 is 1.44 bits per heavy atom. The number of ether oxygens (including phenoxy) is 1. The van der Waals surface area contributed by atoms with Crippen molar-refractivity contribution >= 4 is 21.5 Å². The summed E-state index contributed by atoms with van der Waals surface area (Å²) in [5, 5.41) is 0. The quantitative estimate of drug-likeness (QED) is 0.742. The lowest BCUT2D eigenvalue weighted by Crippen LogP contribution is -1.93. The van der Waals surface area contributed by atoms with Crippen molar-refractivity contribution in [3.63, 3.8) is 0 Å². The van der Waals surface area contributed by atoms with Gasteiger partial charge in [-0.15, -0.1) is 6.42 Å². The van der Waals surface area contributed by atoms with E-state index in [9.17, 15) is 0 Å². The van der Waals surface area contributed by atoms with Crippen LogP contribution in [0.4, 0.5) is 0 Å². The molecular formula is C14H13BrO. The molecule has 1 aromatic carbocycles. The molecule has 0 N–H and O–H groups in total. The van der Waals surface area contributed by atoms with E-state index in [2.05, 4.69) is 27.9 Å². The first-order valence-corrected chi connectivity index (χ1v) is 6.09. The lowest BCUT2D eigenvalue weighted by atomic mass is 9.99. The molecule has 0 bridgehead atoms. The largest absolute Gasteiger partial charge is 0.497 e. The minimum atomic E-state index is 0.794. The topological polar surface area (TPSA) is 9.23 Å². The Kier molecular flexibility index (Phi) is 3.36. The van der Waals surface area contributed by atoms with Gasteiger partial charge in [-0.2, -0.15) is 0 Å². The first kappa shape index (κ1) is 11.3. The Labute approximate surface area is 105 Å². The molecule has 0 fully saturated rings. The van der Waals surface area contributed by atoms with Crippen molar-refractivity contribution in [1.82, 2.24) is 0 Å². The summed E-state index contributed by atoms with van der Waals surface area (Å²) in [6.45, 7) is 0. The maximum atomic E-state index is 5.56. The summed E-state index contributed by atoms with van der Waals surface area (Å²) in [5.74, 6) is 3.53. The Balaban J connectivity index is 2.56. The van der Waals surface area contributed by atoms with Gasteiger partial charge in [-0.25, -0.2) is 0 Å². The lowest BCUT2D eigenvalue weighted by Gasteiger charge is -2.11. The predicted molar refractivity (Wildman–Crippen MR) is 70.5 cm³/mol. The SMILES string of the molecule is C#Cc1cc(OC)cc(Br)c1C1=CCCC1. The van der Waals surface area contributed by atoms with Gasteiger partial charge in [-0.3, -0.25) is 0 Å². The van der Waals surface area contributed by atoms with Gasteiger partial charge in [0.05, 0.1) is 7.11 Å². The van der Waals surface area contributed by atoms with E-state index in [0.717, 1.165) is 34.2 Å². The maximum absolute atomic E-state index is 5.56. The number of hydrogen-bond acceptors (Lipinski definition) is 1. The summed E-state index contributed by atoms with van der Waals surface area (Å²) in [6.07, 6.45) is 11.3. The Morgan fingerprint density at radius 3 is 2.81 bits per heavy atom. The minimum absolute atomic E-state index is 0.794. The Hall–Kier alpha value is -1.20. The Bertz CT molecular complexity index is 480. The van der Waals surface area contributed by atoms with Crippen LogP contribution in [0.1, 0.15) is 30.4 Å². The number of halogens is 1. The average molecular weight is 277 g/mol. The van der Waals surface area contributed by atoms with E-state index in [0.29, 0.717) is 0 Å². The molecule has 0 saturated heterocycles. The molecule has 82 valence electrons. The van der Waals surface area contributed by atoms with Gasteiger partial charge in [0, 0.05) is 15.6 Å². The molecule has 0 heterocycles. The highest BCUT2D eigenvalue weighted by molar-refractivity contribution is 9.10. The van der Waals surface area contributed by atoms with Gasteiger partial charge in [0.15, 0.2) is 0 Å². The van der Waals surface area contributed by atoms with Crippen molar-refractivity contribution in [2.45, 2.75) is 19.3 Å². The predicted octanol–water partition coefficient (Wildman–Crippen LogP) is 4.01. The standard InChI is InChI=1S/C14H13BrO/c1-3-10-8-12(16-2)9-13(15)14(10)11-6-4-5-7-11/h1,6,8-9H,4-5,7H2,2H3. The highest BCUT2D eigenvalue weighted by Crippen LogP contribution is 2.37. The molecule has 0 saturated carbocycles. The molecule has 1 aliphatic carbocycles. The molecule has 1 aliphatic rings. The summed E-state index contributed by atoms with van der Waals surface area (Å²) in [5.41, 5.74) is 3.41. The van der Waals surface area contributed by atoms with Gasteiger partial charge in [0.2, 0.25) is 0 Å². The molecule has 2 rings (SSSR count). The molecule has 1 nitrogen and oxygen atoms in total. The third-order valence-electron chi connectivity index (χ3n) is 2.82. The molecule has 0 amide bonds. The summed E-state index contributed by atoms with van der Waals surface area (Å²) < 4.78 is 6.23. The zero-order valence-corrected chi connectivity index (χ0v) is 10.8. The van der Waals surface area contributed by atoms with Crippen molar-refractivity contribution in [2.24, 2.45) is 0 Å². The average Bonchev–Trinajstić information content (AvgIpc) is 2.81. The van der Waals surface area contributed by atoms with E-state index >= 15 is 0 Å². The van der Waals surface area contributed by atoms with Gasteiger partial charge >= 0.3 is 0 Å². The Morgan fingerprint density at radius 2 is 2.25 bits per heavy atom. The number of terminal acetylenes is 1. The number of hydrogen-bond donors (Lipinski definition) is 0. The highest BCUT2D eigenvalue weighted by Gasteiger charge is 2.15. The number of methoxy groups -OCH3 is 1. The summed E-state index contributed by atoms with van der Waals surface area (Å²) in [6, 6.07) is 3.88. The fourth-order valence-electron chi connectivity index (χ4n) is 2.04. The number of benzene rings is 1. The third kappa shape index (κ3) is 2.01. The summed E-state index contributed by atoms with van der Waals surface area (Å²) >= 11 is 3.57. The smallest absolute Gasteiger partial charge is 0.121 e. The summed E-state index contributed by atoms with van der Waals surface area (Å²) in [4.78, 5) is 0. The lowest BCUT2D eigenvalue weighted by molar-refractivity contribution is 0.414. The van der Waals surface area contributed by atoms with Crippen LogP contribution >= 0.6 is 15.9 Å². The number of rotatable bonds is 2. The van der Waals surface area contributed by atoms with Crippen LogP contribution in [0.3, 0.4) is 0 Å². The zero-order chi connectivity index (χ0) is 11.5. The van der Waals surface area contributed by atoms with Gasteiger partial charge < -0.3 is 4.74 Å². The van der Waals surface area contributed by atoms with E-state index in [4.69, 9.17) is 11.2 Å². The molecule has 0 aromatic heterocycles. The molecule has 0 unspecified atom stereocenters. The van der Waals surface area contributed by atoms with Gasteiger partial charge in [0.25, 0.3) is 0 Å². The van der Waals surface area contributed by atoms with Crippen LogP contribution < -0.4 is 4.74 Å². The van der Waals surface area contributed by atoms with Gasteiger partial charge in [0.1, 0.15) is 5.75 Å². The second-order valence-electron chi connectivity index (χ2n) is 3.80. The van der Waals surface area contributed by atoms with E-state index in [1.807, 2.05) is 12.1 Å². The second-order valence-corrected chi connectivity index (χ2v) is 4.65. The van der Waals surface area contributed by atoms with Crippen LogP contribution in [0.2, 0.25) is 0 Å². The third-order valence-corrected chi connectivity index (χ3v) is 3.44. The molecule has 0 spiro atoms. The van der Waals surface area contributed by atoms with Crippen LogP contribution in [0.15, 0.2) is 22.7 Å². The van der Waals surface area contributed by atoms with E-state index in [-0.39, 0.29) is 0 Å². The van der Waals surface area contributed by atoms with E-state index in [1.54, 1.807) is 7.11 Å². The van der Waals surface area contributed by atoms with E-state index < -0.39 is 0 Å². The number of allylic oxidation sites excluding steroid dienone is 2.